The number of amides is 1. The van der Waals surface area contributed by atoms with Gasteiger partial charge in [-0.2, -0.15) is 0 Å². The minimum atomic E-state index is 0.217. The van der Waals surface area contributed by atoms with Crippen LogP contribution in [0.4, 0.5) is 0 Å². The van der Waals surface area contributed by atoms with Gasteiger partial charge in [-0.25, -0.2) is 0 Å². The third kappa shape index (κ3) is 1.62. The van der Waals surface area contributed by atoms with Gasteiger partial charge in [0.05, 0.1) is 5.92 Å². The van der Waals surface area contributed by atoms with Crippen LogP contribution in [0.2, 0.25) is 0 Å². The van der Waals surface area contributed by atoms with Crippen molar-refractivity contribution in [3.8, 4) is 11.8 Å². The predicted molar refractivity (Wildman–Crippen MR) is 54.5 cm³/mol. The van der Waals surface area contributed by atoms with Crippen LogP contribution in [0.15, 0.2) is 0 Å². The van der Waals surface area contributed by atoms with Crippen LogP contribution in [-0.2, 0) is 4.79 Å². The van der Waals surface area contributed by atoms with Gasteiger partial charge < -0.3 is 10.6 Å². The maximum Gasteiger partial charge on any atom is 0.225 e. The fraction of sp³-hybridized carbons (Fsp3) is 0.727. The van der Waals surface area contributed by atoms with Crippen molar-refractivity contribution in [3.63, 3.8) is 0 Å². The Labute approximate surface area is 84.6 Å². The van der Waals surface area contributed by atoms with Gasteiger partial charge >= 0.3 is 0 Å². The van der Waals surface area contributed by atoms with Gasteiger partial charge in [0.1, 0.15) is 0 Å². The molecule has 2 heterocycles. The van der Waals surface area contributed by atoms with Crippen molar-refractivity contribution in [2.24, 2.45) is 11.8 Å². The summed E-state index contributed by atoms with van der Waals surface area (Å²) in [7, 11) is 0. The smallest absolute Gasteiger partial charge is 0.225 e. The summed E-state index contributed by atoms with van der Waals surface area (Å²) in [4.78, 5) is 11.7. The first kappa shape index (κ1) is 9.54. The molecular weight excluding hydrogens is 176 g/mol. The highest BCUT2D eigenvalue weighted by Gasteiger charge is 2.50. The Morgan fingerprint density at radius 1 is 1.64 bits per heavy atom. The largest absolute Gasteiger partial charge is 0.355 e. The van der Waals surface area contributed by atoms with Crippen LogP contribution >= 0.6 is 0 Å². The van der Waals surface area contributed by atoms with E-state index in [9.17, 15) is 4.79 Å². The zero-order valence-corrected chi connectivity index (χ0v) is 8.47. The number of nitrogens with one attached hydrogen (secondary N) is 2. The van der Waals surface area contributed by atoms with E-state index < -0.39 is 0 Å². The second-order valence-electron chi connectivity index (χ2n) is 4.00. The Hall–Kier alpha value is -1.01. The number of fused-ring (bicyclic) bond motifs is 1. The lowest BCUT2D eigenvalue weighted by Crippen LogP contribution is -2.47. The van der Waals surface area contributed by atoms with Crippen molar-refractivity contribution in [3.05, 3.63) is 0 Å². The second-order valence-corrected chi connectivity index (χ2v) is 4.00. The van der Waals surface area contributed by atoms with Crippen LogP contribution in [0.3, 0.4) is 0 Å². The quantitative estimate of drug-likeness (QED) is 0.493. The van der Waals surface area contributed by atoms with Crippen molar-refractivity contribution in [2.75, 3.05) is 13.1 Å². The molecule has 2 saturated heterocycles. The fourth-order valence-corrected chi connectivity index (χ4v) is 2.36. The van der Waals surface area contributed by atoms with Gasteiger partial charge in [0, 0.05) is 19.0 Å². The Kier molecular flexibility index (Phi) is 2.74. The van der Waals surface area contributed by atoms with E-state index in [1.54, 1.807) is 0 Å². The summed E-state index contributed by atoms with van der Waals surface area (Å²) in [6.07, 6.45) is 1.95. The van der Waals surface area contributed by atoms with Crippen molar-refractivity contribution in [2.45, 2.75) is 25.8 Å². The highest BCUT2D eigenvalue weighted by Crippen LogP contribution is 2.39. The maximum absolute atomic E-state index is 11.7. The molecule has 1 aliphatic carbocycles. The average molecular weight is 192 g/mol. The molecule has 3 atom stereocenters. The molecule has 3 heteroatoms. The van der Waals surface area contributed by atoms with Crippen LogP contribution in [-0.4, -0.2) is 25.0 Å². The molecule has 3 rings (SSSR count). The Balaban J connectivity index is 1.71. The SMILES string of the molecule is CC#CCCNC(=O)C1C2CNC1C2. The normalized spacial score (nSPS) is 32.8. The Bertz CT molecular complexity index is 275. The summed E-state index contributed by atoms with van der Waals surface area (Å²) in [5.74, 6) is 6.80. The predicted octanol–water partition coefficient (Wildman–Crippen LogP) is 0.124. The van der Waals surface area contributed by atoms with E-state index in [2.05, 4.69) is 22.5 Å². The van der Waals surface area contributed by atoms with E-state index in [-0.39, 0.29) is 11.8 Å². The zero-order valence-electron chi connectivity index (χ0n) is 8.47. The van der Waals surface area contributed by atoms with Gasteiger partial charge in [-0.1, -0.05) is 0 Å². The molecule has 1 saturated carbocycles. The number of hydrogen-bond acceptors (Lipinski definition) is 2. The number of rotatable bonds is 3. The van der Waals surface area contributed by atoms with Gasteiger partial charge in [0.15, 0.2) is 0 Å². The molecule has 3 unspecified atom stereocenters. The summed E-state index contributed by atoms with van der Waals surface area (Å²) in [6, 6.07) is 0.456. The van der Waals surface area contributed by atoms with E-state index in [1.165, 1.54) is 6.42 Å². The van der Waals surface area contributed by atoms with Crippen LogP contribution < -0.4 is 10.6 Å². The Morgan fingerprint density at radius 3 is 3.07 bits per heavy atom. The van der Waals surface area contributed by atoms with E-state index in [1.807, 2.05) is 6.92 Å². The third-order valence-electron chi connectivity index (χ3n) is 3.17. The topological polar surface area (TPSA) is 41.1 Å². The molecule has 0 spiro atoms. The summed E-state index contributed by atoms with van der Waals surface area (Å²) in [6.45, 7) is 3.53. The average Bonchev–Trinajstić information content (AvgIpc) is 2.73. The molecule has 2 bridgehead atoms. The standard InChI is InChI=1S/C11H16N2O/c1-2-3-4-5-12-11(14)10-8-6-9(10)13-7-8/h8-10,13H,4-7H2,1H3,(H,12,14). The second kappa shape index (κ2) is 4.02. The summed E-state index contributed by atoms with van der Waals surface area (Å²) >= 11 is 0. The molecule has 2 aliphatic heterocycles. The monoisotopic (exact) mass is 192 g/mol. The first-order valence-electron chi connectivity index (χ1n) is 5.23. The van der Waals surface area contributed by atoms with Crippen LogP contribution in [0.1, 0.15) is 19.8 Å². The minimum absolute atomic E-state index is 0.217. The summed E-state index contributed by atoms with van der Waals surface area (Å²) in [5, 5.41) is 6.28. The zero-order chi connectivity index (χ0) is 9.97. The highest BCUT2D eigenvalue weighted by atomic mass is 16.2. The highest BCUT2D eigenvalue weighted by molar-refractivity contribution is 5.81. The molecule has 0 radical (unpaired) electrons. The van der Waals surface area contributed by atoms with Crippen LogP contribution in [0.25, 0.3) is 0 Å². The molecule has 3 aliphatic rings. The summed E-state index contributed by atoms with van der Waals surface area (Å²) in [5.41, 5.74) is 0. The maximum atomic E-state index is 11.7. The Morgan fingerprint density at radius 2 is 2.50 bits per heavy atom. The first-order valence-corrected chi connectivity index (χ1v) is 5.23. The minimum Gasteiger partial charge on any atom is -0.355 e. The van der Waals surface area contributed by atoms with Crippen LogP contribution in [0, 0.1) is 23.7 Å². The lowest BCUT2D eigenvalue weighted by atomic mass is 9.73. The molecule has 76 valence electrons. The van der Waals surface area contributed by atoms with Crippen molar-refractivity contribution >= 4 is 5.91 Å². The van der Waals surface area contributed by atoms with E-state index in [0.29, 0.717) is 18.5 Å². The van der Waals surface area contributed by atoms with Crippen molar-refractivity contribution in [1.82, 2.24) is 10.6 Å². The molecule has 14 heavy (non-hydrogen) atoms. The molecular formula is C11H16N2O. The van der Waals surface area contributed by atoms with E-state index in [0.717, 1.165) is 13.0 Å². The third-order valence-corrected chi connectivity index (χ3v) is 3.17. The van der Waals surface area contributed by atoms with E-state index in [4.69, 9.17) is 0 Å². The lowest BCUT2D eigenvalue weighted by Gasteiger charge is -2.32. The molecule has 3 fully saturated rings. The molecule has 0 aromatic carbocycles. The molecule has 0 aromatic rings. The first-order chi connectivity index (χ1) is 6.83. The van der Waals surface area contributed by atoms with Gasteiger partial charge in [-0.3, -0.25) is 4.79 Å². The number of carbonyl (C=O) groups excluding carboxylic acids is 1. The number of carbonyl (C=O) groups is 1. The van der Waals surface area contributed by atoms with E-state index >= 15 is 0 Å². The van der Waals surface area contributed by atoms with Crippen molar-refractivity contribution < 1.29 is 4.79 Å². The van der Waals surface area contributed by atoms with Crippen molar-refractivity contribution in [1.29, 1.82) is 0 Å². The molecule has 3 nitrogen and oxygen atoms in total. The fourth-order valence-electron chi connectivity index (χ4n) is 2.36. The summed E-state index contributed by atoms with van der Waals surface area (Å²) < 4.78 is 0. The lowest BCUT2D eigenvalue weighted by molar-refractivity contribution is -0.129. The molecule has 1 amide bonds. The van der Waals surface area contributed by atoms with Crippen LogP contribution in [0.5, 0.6) is 0 Å². The number of hydrogen-bond donors (Lipinski definition) is 2. The van der Waals surface area contributed by atoms with Gasteiger partial charge in [0.25, 0.3) is 0 Å². The van der Waals surface area contributed by atoms with Gasteiger partial charge in [-0.15, -0.1) is 11.8 Å². The van der Waals surface area contributed by atoms with Gasteiger partial charge in [0.2, 0.25) is 5.91 Å². The molecule has 2 N–H and O–H groups in total. The molecule has 0 aromatic heterocycles. The van der Waals surface area contributed by atoms with Gasteiger partial charge in [-0.05, 0) is 25.8 Å².